The van der Waals surface area contributed by atoms with Gasteiger partial charge in [0, 0.05) is 18.1 Å². The van der Waals surface area contributed by atoms with Gasteiger partial charge in [0.1, 0.15) is 11.8 Å². The van der Waals surface area contributed by atoms with Crippen LogP contribution in [0.4, 0.5) is 0 Å². The van der Waals surface area contributed by atoms with E-state index in [0.717, 1.165) is 20.1 Å². The predicted molar refractivity (Wildman–Crippen MR) is 127 cm³/mol. The number of hydrogen-bond acceptors (Lipinski definition) is 3. The van der Waals surface area contributed by atoms with E-state index in [1.54, 1.807) is 14.0 Å². The SMILES string of the molecule is CNC(=O)C(C)N(Cc1ccc(Br)cc1)C(=O)COc1ccc(C(C)(C)C)cc1Br. The third-order valence-corrected chi connectivity index (χ3v) is 5.98. The van der Waals surface area contributed by atoms with E-state index in [-0.39, 0.29) is 23.8 Å². The predicted octanol–water partition coefficient (Wildman–Crippen LogP) is 5.05. The lowest BCUT2D eigenvalue weighted by Crippen LogP contribution is -2.48. The fourth-order valence-corrected chi connectivity index (χ4v) is 3.64. The summed E-state index contributed by atoms with van der Waals surface area (Å²) >= 11 is 6.94. The number of ether oxygens (including phenoxy) is 1. The third kappa shape index (κ3) is 6.57. The van der Waals surface area contributed by atoms with Crippen LogP contribution >= 0.6 is 31.9 Å². The molecule has 2 aromatic rings. The number of nitrogens with one attached hydrogen (secondary N) is 1. The van der Waals surface area contributed by atoms with Gasteiger partial charge in [-0.05, 0) is 63.7 Å². The fraction of sp³-hybridized carbons (Fsp3) is 0.391. The first-order valence-corrected chi connectivity index (χ1v) is 11.3. The van der Waals surface area contributed by atoms with Crippen LogP contribution in [0.2, 0.25) is 0 Å². The molecule has 0 fully saturated rings. The molecule has 0 heterocycles. The van der Waals surface area contributed by atoms with E-state index in [1.807, 2.05) is 42.5 Å². The smallest absolute Gasteiger partial charge is 0.261 e. The topological polar surface area (TPSA) is 58.6 Å². The van der Waals surface area contributed by atoms with Crippen molar-refractivity contribution in [1.29, 1.82) is 0 Å². The van der Waals surface area contributed by atoms with Crippen LogP contribution in [0.5, 0.6) is 5.75 Å². The van der Waals surface area contributed by atoms with Gasteiger partial charge in [0.2, 0.25) is 5.91 Å². The quantitative estimate of drug-likeness (QED) is 0.535. The lowest BCUT2D eigenvalue weighted by atomic mass is 9.87. The summed E-state index contributed by atoms with van der Waals surface area (Å²) in [7, 11) is 1.56. The monoisotopic (exact) mass is 538 g/mol. The van der Waals surface area contributed by atoms with Crippen molar-refractivity contribution in [2.75, 3.05) is 13.7 Å². The van der Waals surface area contributed by atoms with Gasteiger partial charge in [-0.1, -0.05) is 54.9 Å². The van der Waals surface area contributed by atoms with Crippen LogP contribution in [0.1, 0.15) is 38.8 Å². The summed E-state index contributed by atoms with van der Waals surface area (Å²) in [6.07, 6.45) is 0. The fourth-order valence-electron chi connectivity index (χ4n) is 2.88. The van der Waals surface area contributed by atoms with Crippen LogP contribution in [0.15, 0.2) is 51.4 Å². The molecule has 0 aliphatic carbocycles. The Bertz CT molecular complexity index is 892. The number of likely N-dealkylation sites (N-methyl/N-ethyl adjacent to an activating group) is 1. The number of halogens is 2. The molecular formula is C23H28Br2N2O3. The largest absolute Gasteiger partial charge is 0.483 e. The van der Waals surface area contributed by atoms with E-state index < -0.39 is 6.04 Å². The lowest BCUT2D eigenvalue weighted by molar-refractivity contribution is -0.142. The van der Waals surface area contributed by atoms with Gasteiger partial charge in [-0.2, -0.15) is 0 Å². The molecule has 7 heteroatoms. The minimum Gasteiger partial charge on any atom is -0.483 e. The Morgan fingerprint density at radius 3 is 2.27 bits per heavy atom. The molecule has 2 rings (SSSR count). The summed E-state index contributed by atoms with van der Waals surface area (Å²) in [6.45, 7) is 8.28. The highest BCUT2D eigenvalue weighted by Crippen LogP contribution is 2.31. The summed E-state index contributed by atoms with van der Waals surface area (Å²) in [5.74, 6) is 0.101. The molecule has 2 aromatic carbocycles. The second kappa shape index (κ2) is 10.4. The molecule has 2 amide bonds. The Balaban J connectivity index is 2.15. The Kier molecular flexibility index (Phi) is 8.50. The van der Waals surface area contributed by atoms with Crippen molar-refractivity contribution in [2.45, 2.75) is 45.7 Å². The molecular weight excluding hydrogens is 512 g/mol. The molecule has 162 valence electrons. The van der Waals surface area contributed by atoms with E-state index in [0.29, 0.717) is 12.3 Å². The van der Waals surface area contributed by atoms with Crippen LogP contribution in [0, 0.1) is 0 Å². The van der Waals surface area contributed by atoms with Crippen molar-refractivity contribution in [1.82, 2.24) is 10.2 Å². The molecule has 5 nitrogen and oxygen atoms in total. The number of amides is 2. The molecule has 0 spiro atoms. The Morgan fingerprint density at radius 2 is 1.73 bits per heavy atom. The van der Waals surface area contributed by atoms with E-state index in [9.17, 15) is 9.59 Å². The van der Waals surface area contributed by atoms with Crippen LogP contribution in [0.3, 0.4) is 0 Å². The Labute approximate surface area is 195 Å². The van der Waals surface area contributed by atoms with E-state index in [4.69, 9.17) is 4.74 Å². The second-order valence-electron chi connectivity index (χ2n) is 8.12. The third-order valence-electron chi connectivity index (χ3n) is 4.83. The molecule has 0 radical (unpaired) electrons. The highest BCUT2D eigenvalue weighted by Gasteiger charge is 2.26. The van der Waals surface area contributed by atoms with Crippen molar-refractivity contribution in [2.24, 2.45) is 0 Å². The molecule has 1 unspecified atom stereocenters. The Hall–Kier alpha value is -1.86. The zero-order chi connectivity index (χ0) is 22.5. The molecule has 0 saturated carbocycles. The molecule has 0 aliphatic heterocycles. The summed E-state index contributed by atoms with van der Waals surface area (Å²) in [6, 6.07) is 12.9. The van der Waals surface area contributed by atoms with Gasteiger partial charge < -0.3 is 15.0 Å². The second-order valence-corrected chi connectivity index (χ2v) is 9.89. The summed E-state index contributed by atoms with van der Waals surface area (Å²) in [4.78, 5) is 26.7. The molecule has 0 bridgehead atoms. The number of hydrogen-bond donors (Lipinski definition) is 1. The number of rotatable bonds is 7. The van der Waals surface area contributed by atoms with Crippen molar-refractivity contribution < 1.29 is 14.3 Å². The van der Waals surface area contributed by atoms with E-state index >= 15 is 0 Å². The zero-order valence-corrected chi connectivity index (χ0v) is 21.1. The van der Waals surface area contributed by atoms with Gasteiger partial charge in [-0.3, -0.25) is 9.59 Å². The number of carbonyl (C=O) groups is 2. The van der Waals surface area contributed by atoms with E-state index in [1.165, 1.54) is 4.90 Å². The first-order chi connectivity index (χ1) is 14.0. The maximum atomic E-state index is 13.0. The van der Waals surface area contributed by atoms with E-state index in [2.05, 4.69) is 57.9 Å². The van der Waals surface area contributed by atoms with Crippen LogP contribution in [-0.2, 0) is 21.5 Å². The first-order valence-electron chi connectivity index (χ1n) is 9.71. The van der Waals surface area contributed by atoms with Gasteiger partial charge in [0.05, 0.1) is 4.47 Å². The summed E-state index contributed by atoms with van der Waals surface area (Å²) in [5, 5.41) is 2.61. The van der Waals surface area contributed by atoms with Gasteiger partial charge in [-0.15, -0.1) is 0 Å². The Morgan fingerprint density at radius 1 is 1.10 bits per heavy atom. The average Bonchev–Trinajstić information content (AvgIpc) is 2.70. The van der Waals surface area contributed by atoms with Crippen LogP contribution in [-0.4, -0.2) is 36.4 Å². The van der Waals surface area contributed by atoms with Crippen molar-refractivity contribution >= 4 is 43.7 Å². The normalized spacial score (nSPS) is 12.2. The number of benzene rings is 2. The zero-order valence-electron chi connectivity index (χ0n) is 18.0. The van der Waals surface area contributed by atoms with Gasteiger partial charge in [0.15, 0.2) is 6.61 Å². The van der Waals surface area contributed by atoms with Crippen molar-refractivity contribution in [3.8, 4) is 5.75 Å². The average molecular weight is 540 g/mol. The van der Waals surface area contributed by atoms with Crippen molar-refractivity contribution in [3.05, 3.63) is 62.5 Å². The van der Waals surface area contributed by atoms with Crippen molar-refractivity contribution in [3.63, 3.8) is 0 Å². The lowest BCUT2D eigenvalue weighted by Gasteiger charge is -2.28. The molecule has 1 N–H and O–H groups in total. The van der Waals surface area contributed by atoms with Gasteiger partial charge in [-0.25, -0.2) is 0 Å². The molecule has 0 saturated heterocycles. The maximum absolute atomic E-state index is 13.0. The van der Waals surface area contributed by atoms with Crippen LogP contribution < -0.4 is 10.1 Å². The number of nitrogens with zero attached hydrogens (tertiary/aromatic N) is 1. The highest BCUT2D eigenvalue weighted by molar-refractivity contribution is 9.10. The minimum absolute atomic E-state index is 0.0152. The van der Waals surface area contributed by atoms with Gasteiger partial charge in [0.25, 0.3) is 5.91 Å². The molecule has 0 aliphatic rings. The summed E-state index contributed by atoms with van der Waals surface area (Å²) in [5.41, 5.74) is 2.11. The molecule has 30 heavy (non-hydrogen) atoms. The summed E-state index contributed by atoms with van der Waals surface area (Å²) < 4.78 is 7.54. The molecule has 1 atom stereocenters. The first kappa shape index (κ1) is 24.4. The van der Waals surface area contributed by atoms with Gasteiger partial charge >= 0.3 is 0 Å². The number of carbonyl (C=O) groups excluding carboxylic acids is 2. The highest BCUT2D eigenvalue weighted by atomic mass is 79.9. The standard InChI is InChI=1S/C23H28Br2N2O3/c1-15(22(29)26-5)27(13-16-6-9-18(24)10-7-16)21(28)14-30-20-11-8-17(12-19(20)25)23(2,3)4/h6-12,15H,13-14H2,1-5H3,(H,26,29). The minimum atomic E-state index is -0.624. The molecule has 0 aromatic heterocycles. The maximum Gasteiger partial charge on any atom is 0.261 e. The van der Waals surface area contributed by atoms with Crippen LogP contribution in [0.25, 0.3) is 0 Å².